The molecule has 0 saturated carbocycles. The monoisotopic (exact) mass is 405 g/mol. The summed E-state index contributed by atoms with van der Waals surface area (Å²) in [6.45, 7) is 1.86. The molecule has 2 heterocycles. The number of fused-ring (bicyclic) bond motifs is 1. The summed E-state index contributed by atoms with van der Waals surface area (Å²) < 4.78 is 13.1. The first-order valence-electron chi connectivity index (χ1n) is 8.96. The third-order valence-corrected chi connectivity index (χ3v) is 6.16. The highest BCUT2D eigenvalue weighted by molar-refractivity contribution is 7.18. The maximum Gasteiger partial charge on any atom is 0.266 e. The lowest BCUT2D eigenvalue weighted by Gasteiger charge is -2.24. The maximum absolute atomic E-state index is 13.1. The molecule has 0 radical (unpaired) electrons. The predicted octanol–water partition coefficient (Wildman–Crippen LogP) is 4.79. The molecule has 1 atom stereocenters. The fourth-order valence-corrected chi connectivity index (χ4v) is 4.70. The summed E-state index contributed by atoms with van der Waals surface area (Å²) in [4.78, 5) is 25.6. The van der Waals surface area contributed by atoms with Gasteiger partial charge in [0.2, 0.25) is 5.91 Å². The van der Waals surface area contributed by atoms with Gasteiger partial charge in [0.15, 0.2) is 0 Å². The van der Waals surface area contributed by atoms with Crippen molar-refractivity contribution in [3.8, 4) is 6.07 Å². The summed E-state index contributed by atoms with van der Waals surface area (Å²) in [7, 11) is 0. The van der Waals surface area contributed by atoms with E-state index in [0.717, 1.165) is 16.7 Å². The molecule has 0 spiro atoms. The molecule has 2 N–H and O–H groups in total. The summed E-state index contributed by atoms with van der Waals surface area (Å²) in [6.07, 6.45) is 0.273. The van der Waals surface area contributed by atoms with Crippen LogP contribution in [0.2, 0.25) is 0 Å². The van der Waals surface area contributed by atoms with E-state index in [4.69, 9.17) is 5.26 Å². The van der Waals surface area contributed by atoms with E-state index >= 15 is 0 Å². The number of thiophene rings is 1. The molecule has 144 valence electrons. The Morgan fingerprint density at radius 2 is 1.90 bits per heavy atom. The van der Waals surface area contributed by atoms with E-state index in [-0.39, 0.29) is 30.0 Å². The number of amides is 2. The van der Waals surface area contributed by atoms with Crippen LogP contribution in [-0.2, 0) is 4.79 Å². The second-order valence-corrected chi connectivity index (χ2v) is 7.82. The van der Waals surface area contributed by atoms with Crippen LogP contribution in [0.25, 0.3) is 0 Å². The number of benzene rings is 2. The molecule has 0 bridgehead atoms. The number of carbonyl (C=O) groups is 2. The van der Waals surface area contributed by atoms with Gasteiger partial charge in [-0.1, -0.05) is 12.1 Å². The average Bonchev–Trinajstić information content (AvgIpc) is 3.05. The second kappa shape index (κ2) is 7.49. The van der Waals surface area contributed by atoms with Gasteiger partial charge in [-0.05, 0) is 60.0 Å². The normalized spacial score (nSPS) is 15.2. The zero-order chi connectivity index (χ0) is 20.5. The number of carbonyl (C=O) groups excluding carboxylic acids is 2. The Balaban J connectivity index is 1.69. The van der Waals surface area contributed by atoms with Crippen LogP contribution < -0.4 is 10.6 Å². The first kappa shape index (κ1) is 18.8. The third-order valence-electron chi connectivity index (χ3n) is 4.93. The van der Waals surface area contributed by atoms with Crippen molar-refractivity contribution in [2.24, 2.45) is 0 Å². The molecule has 0 unspecified atom stereocenters. The van der Waals surface area contributed by atoms with Crippen LogP contribution in [0.15, 0.2) is 48.5 Å². The molecule has 4 rings (SSSR count). The number of rotatable bonds is 3. The van der Waals surface area contributed by atoms with Gasteiger partial charge < -0.3 is 10.6 Å². The lowest BCUT2D eigenvalue weighted by molar-refractivity contribution is -0.116. The quantitative estimate of drug-likeness (QED) is 0.657. The number of nitrogens with one attached hydrogen (secondary N) is 2. The fourth-order valence-electron chi connectivity index (χ4n) is 3.52. The van der Waals surface area contributed by atoms with Gasteiger partial charge in [-0.25, -0.2) is 4.39 Å². The van der Waals surface area contributed by atoms with Crippen molar-refractivity contribution < 1.29 is 14.0 Å². The molecule has 5 nitrogen and oxygen atoms in total. The third kappa shape index (κ3) is 3.62. The van der Waals surface area contributed by atoms with Gasteiger partial charge in [-0.2, -0.15) is 5.26 Å². The minimum absolute atomic E-state index is 0.112. The molecule has 2 aromatic carbocycles. The summed E-state index contributed by atoms with van der Waals surface area (Å²) in [5.41, 5.74) is 3.69. The molecular weight excluding hydrogens is 389 g/mol. The highest BCUT2D eigenvalue weighted by atomic mass is 32.1. The van der Waals surface area contributed by atoms with Gasteiger partial charge in [-0.3, -0.25) is 9.59 Å². The van der Waals surface area contributed by atoms with Gasteiger partial charge in [0.05, 0.1) is 21.5 Å². The van der Waals surface area contributed by atoms with Crippen LogP contribution in [0.4, 0.5) is 15.1 Å². The lowest BCUT2D eigenvalue weighted by atomic mass is 9.84. The van der Waals surface area contributed by atoms with Crippen LogP contribution in [0.3, 0.4) is 0 Å². The number of nitrogens with zero attached hydrogens (tertiary/aromatic N) is 1. The van der Waals surface area contributed by atoms with Crippen molar-refractivity contribution in [3.63, 3.8) is 0 Å². The van der Waals surface area contributed by atoms with E-state index in [1.807, 2.05) is 19.1 Å². The number of hydrogen-bond acceptors (Lipinski definition) is 4. The van der Waals surface area contributed by atoms with Gasteiger partial charge in [0.1, 0.15) is 5.82 Å². The first-order valence-corrected chi connectivity index (χ1v) is 9.78. The highest BCUT2D eigenvalue weighted by Gasteiger charge is 2.32. The van der Waals surface area contributed by atoms with Crippen LogP contribution in [0.1, 0.15) is 44.3 Å². The molecule has 2 amide bonds. The van der Waals surface area contributed by atoms with Crippen molar-refractivity contribution in [2.75, 3.05) is 10.6 Å². The molecular formula is C22H16FN3O2S. The second-order valence-electron chi connectivity index (χ2n) is 6.80. The van der Waals surface area contributed by atoms with Crippen LogP contribution in [0.5, 0.6) is 0 Å². The Bertz CT molecular complexity index is 1140. The highest BCUT2D eigenvalue weighted by Crippen LogP contribution is 2.45. The van der Waals surface area contributed by atoms with E-state index in [9.17, 15) is 14.0 Å². The summed E-state index contributed by atoms with van der Waals surface area (Å²) >= 11 is 1.23. The van der Waals surface area contributed by atoms with E-state index in [1.165, 1.54) is 35.6 Å². The zero-order valence-corrected chi connectivity index (χ0v) is 16.3. The number of nitriles is 1. The van der Waals surface area contributed by atoms with Gasteiger partial charge >= 0.3 is 0 Å². The van der Waals surface area contributed by atoms with Crippen molar-refractivity contribution >= 4 is 33.8 Å². The van der Waals surface area contributed by atoms with Crippen LogP contribution in [0, 0.1) is 24.1 Å². The van der Waals surface area contributed by atoms with Crippen molar-refractivity contribution in [1.82, 2.24) is 0 Å². The van der Waals surface area contributed by atoms with Crippen molar-refractivity contribution in [3.05, 3.63) is 81.5 Å². The molecule has 3 aromatic rings. The van der Waals surface area contributed by atoms with Crippen molar-refractivity contribution in [1.29, 1.82) is 5.26 Å². The number of anilines is 2. The fraction of sp³-hybridized carbons (Fsp3) is 0.136. The van der Waals surface area contributed by atoms with E-state index < -0.39 is 0 Å². The standard InChI is InChI=1S/C22H16FN3O2S/c1-12-19-17(14-4-2-13(11-24)3-5-14)10-18(27)26-22(19)29-20(12)21(28)25-16-8-6-15(23)7-9-16/h2-9,17H,10H2,1H3,(H,25,28)(H,26,27)/t17-/m1/s1. The SMILES string of the molecule is Cc1c(C(=O)Nc2ccc(F)cc2)sc2c1[C@@H](c1ccc(C#N)cc1)CC(=O)N2. The molecule has 0 aliphatic carbocycles. The summed E-state index contributed by atoms with van der Waals surface area (Å²) in [6, 6.07) is 14.8. The zero-order valence-electron chi connectivity index (χ0n) is 15.5. The molecule has 0 saturated heterocycles. The Kier molecular flexibility index (Phi) is 4.87. The Morgan fingerprint density at radius 3 is 2.55 bits per heavy atom. The van der Waals surface area contributed by atoms with Crippen LogP contribution >= 0.6 is 11.3 Å². The predicted molar refractivity (Wildman–Crippen MR) is 110 cm³/mol. The maximum atomic E-state index is 13.1. The molecule has 1 aliphatic heterocycles. The minimum atomic E-state index is -0.376. The van der Waals surface area contributed by atoms with Gasteiger partial charge in [-0.15, -0.1) is 11.3 Å². The average molecular weight is 405 g/mol. The molecule has 1 aromatic heterocycles. The van der Waals surface area contributed by atoms with Crippen LogP contribution in [-0.4, -0.2) is 11.8 Å². The lowest BCUT2D eigenvalue weighted by Crippen LogP contribution is -2.22. The van der Waals surface area contributed by atoms with E-state index in [0.29, 0.717) is 21.1 Å². The molecule has 29 heavy (non-hydrogen) atoms. The van der Waals surface area contributed by atoms with E-state index in [1.54, 1.807) is 12.1 Å². The topological polar surface area (TPSA) is 82.0 Å². The summed E-state index contributed by atoms with van der Waals surface area (Å²) in [5, 5.41) is 15.3. The molecule has 1 aliphatic rings. The number of halogens is 1. The largest absolute Gasteiger partial charge is 0.321 e. The minimum Gasteiger partial charge on any atom is -0.321 e. The van der Waals surface area contributed by atoms with Gasteiger partial charge in [0.25, 0.3) is 5.91 Å². The van der Waals surface area contributed by atoms with E-state index in [2.05, 4.69) is 16.7 Å². The van der Waals surface area contributed by atoms with Crippen molar-refractivity contribution in [2.45, 2.75) is 19.3 Å². The Labute approximate surface area is 170 Å². The molecule has 7 heteroatoms. The molecule has 0 fully saturated rings. The summed E-state index contributed by atoms with van der Waals surface area (Å²) in [5.74, 6) is -0.978. The Morgan fingerprint density at radius 1 is 1.21 bits per heavy atom. The first-order chi connectivity index (χ1) is 14.0. The number of hydrogen-bond donors (Lipinski definition) is 2. The Hall–Kier alpha value is -3.50. The van der Waals surface area contributed by atoms with Gasteiger partial charge in [0, 0.05) is 18.0 Å². The smallest absolute Gasteiger partial charge is 0.266 e.